The molecule has 1 aliphatic rings. The summed E-state index contributed by atoms with van der Waals surface area (Å²) >= 11 is 6.08. The van der Waals surface area contributed by atoms with Crippen LogP contribution in [0.25, 0.3) is 0 Å². The number of thioether (sulfide) groups is 1. The van der Waals surface area contributed by atoms with Crippen molar-refractivity contribution < 1.29 is 9.59 Å². The third-order valence-corrected chi connectivity index (χ3v) is 3.57. The molecule has 1 aliphatic heterocycles. The van der Waals surface area contributed by atoms with Gasteiger partial charge in [-0.3, -0.25) is 9.59 Å². The number of thiocarbonyl (C=S) groups is 1. The Balaban J connectivity index is 1.90. The summed E-state index contributed by atoms with van der Waals surface area (Å²) in [6.45, 7) is 0. The molecule has 1 heterocycles. The highest BCUT2D eigenvalue weighted by Crippen LogP contribution is 2.22. The molecule has 1 unspecified atom stereocenters. The van der Waals surface area contributed by atoms with E-state index < -0.39 is 5.25 Å². The Morgan fingerprint density at radius 3 is 2.71 bits per heavy atom. The zero-order chi connectivity index (χ0) is 12.3. The number of anilines is 1. The number of carbonyl (C=O) groups is 2. The molecule has 17 heavy (non-hydrogen) atoms. The van der Waals surface area contributed by atoms with Crippen LogP contribution in [0.1, 0.15) is 6.42 Å². The molecule has 1 saturated heterocycles. The highest BCUT2D eigenvalue weighted by atomic mass is 32.2. The van der Waals surface area contributed by atoms with Crippen LogP contribution in [0.3, 0.4) is 0 Å². The van der Waals surface area contributed by atoms with Crippen LogP contribution in [0.2, 0.25) is 0 Å². The summed E-state index contributed by atoms with van der Waals surface area (Å²) < 4.78 is 0.438. The van der Waals surface area contributed by atoms with Crippen molar-refractivity contribution >= 4 is 45.8 Å². The van der Waals surface area contributed by atoms with E-state index in [-0.39, 0.29) is 18.2 Å². The summed E-state index contributed by atoms with van der Waals surface area (Å²) in [6, 6.07) is 9.13. The van der Waals surface area contributed by atoms with E-state index in [0.29, 0.717) is 4.32 Å². The number of para-hydroxylation sites is 1. The predicted octanol–water partition coefficient (Wildman–Crippen LogP) is 1.53. The molecule has 0 saturated carbocycles. The van der Waals surface area contributed by atoms with E-state index in [1.165, 1.54) is 11.8 Å². The first-order valence-electron chi connectivity index (χ1n) is 5.01. The van der Waals surface area contributed by atoms with Crippen molar-refractivity contribution in [2.75, 3.05) is 5.32 Å². The number of carbonyl (C=O) groups excluding carboxylic acids is 2. The van der Waals surface area contributed by atoms with Crippen molar-refractivity contribution in [3.63, 3.8) is 0 Å². The van der Waals surface area contributed by atoms with E-state index >= 15 is 0 Å². The van der Waals surface area contributed by atoms with Gasteiger partial charge in [0.15, 0.2) is 0 Å². The van der Waals surface area contributed by atoms with Crippen molar-refractivity contribution in [2.45, 2.75) is 11.7 Å². The Morgan fingerprint density at radius 1 is 1.41 bits per heavy atom. The van der Waals surface area contributed by atoms with Gasteiger partial charge in [-0.2, -0.15) is 0 Å². The van der Waals surface area contributed by atoms with Gasteiger partial charge in [-0.25, -0.2) is 0 Å². The maximum Gasteiger partial charge on any atom is 0.239 e. The van der Waals surface area contributed by atoms with E-state index in [1.54, 1.807) is 12.1 Å². The molecule has 1 aromatic carbocycles. The van der Waals surface area contributed by atoms with Gasteiger partial charge in [-0.1, -0.05) is 42.2 Å². The molecule has 0 aliphatic carbocycles. The average molecular weight is 266 g/mol. The normalized spacial score (nSPS) is 18.9. The number of hydrogen-bond acceptors (Lipinski definition) is 4. The second-order valence-corrected chi connectivity index (χ2v) is 5.38. The Hall–Kier alpha value is -1.40. The van der Waals surface area contributed by atoms with Gasteiger partial charge in [0.25, 0.3) is 0 Å². The van der Waals surface area contributed by atoms with Crippen LogP contribution in [0, 0.1) is 0 Å². The molecule has 0 radical (unpaired) electrons. The van der Waals surface area contributed by atoms with Crippen molar-refractivity contribution in [2.24, 2.45) is 0 Å². The number of nitrogens with one attached hydrogen (secondary N) is 2. The predicted molar refractivity (Wildman–Crippen MR) is 71.8 cm³/mol. The van der Waals surface area contributed by atoms with E-state index in [1.807, 2.05) is 18.2 Å². The molecule has 1 fully saturated rings. The summed E-state index contributed by atoms with van der Waals surface area (Å²) in [4.78, 5) is 23.0. The number of rotatable bonds is 3. The monoisotopic (exact) mass is 266 g/mol. The Bertz CT molecular complexity index is 462. The molecule has 4 nitrogen and oxygen atoms in total. The lowest BCUT2D eigenvalue weighted by atomic mass is 10.2. The van der Waals surface area contributed by atoms with Crippen LogP contribution >= 0.6 is 24.0 Å². The SMILES string of the molecule is O=C(CC1SC(=S)NC1=O)Nc1ccccc1. The Morgan fingerprint density at radius 2 is 2.12 bits per heavy atom. The lowest BCUT2D eigenvalue weighted by Crippen LogP contribution is -2.27. The molecule has 2 amide bonds. The van der Waals surface area contributed by atoms with Crippen LogP contribution in [0.15, 0.2) is 30.3 Å². The minimum absolute atomic E-state index is 0.130. The molecule has 2 N–H and O–H groups in total. The quantitative estimate of drug-likeness (QED) is 0.815. The van der Waals surface area contributed by atoms with Crippen molar-refractivity contribution in [3.05, 3.63) is 30.3 Å². The fourth-order valence-corrected chi connectivity index (χ4v) is 2.70. The van der Waals surface area contributed by atoms with E-state index in [4.69, 9.17) is 12.2 Å². The van der Waals surface area contributed by atoms with Crippen molar-refractivity contribution in [1.82, 2.24) is 5.32 Å². The van der Waals surface area contributed by atoms with Crippen LogP contribution in [-0.2, 0) is 9.59 Å². The number of amides is 2. The molecular weight excluding hydrogens is 256 g/mol. The lowest BCUT2D eigenvalue weighted by molar-refractivity contribution is -0.122. The fourth-order valence-electron chi connectivity index (χ4n) is 1.43. The molecule has 1 aromatic rings. The van der Waals surface area contributed by atoms with Gasteiger partial charge in [-0.05, 0) is 12.1 Å². The van der Waals surface area contributed by atoms with E-state index in [2.05, 4.69) is 10.6 Å². The highest BCUT2D eigenvalue weighted by molar-refractivity contribution is 8.24. The molecule has 0 bridgehead atoms. The smallest absolute Gasteiger partial charge is 0.239 e. The number of benzene rings is 1. The summed E-state index contributed by atoms with van der Waals surface area (Å²) in [5.74, 6) is -0.378. The molecule has 6 heteroatoms. The van der Waals surface area contributed by atoms with Crippen molar-refractivity contribution in [1.29, 1.82) is 0 Å². The van der Waals surface area contributed by atoms with Crippen LogP contribution in [0.4, 0.5) is 5.69 Å². The van der Waals surface area contributed by atoms with E-state index in [9.17, 15) is 9.59 Å². The topological polar surface area (TPSA) is 58.2 Å². The maximum atomic E-state index is 11.7. The van der Waals surface area contributed by atoms with Gasteiger partial charge < -0.3 is 10.6 Å². The minimum Gasteiger partial charge on any atom is -0.326 e. The van der Waals surface area contributed by atoms with Gasteiger partial charge in [0.2, 0.25) is 11.8 Å². The van der Waals surface area contributed by atoms with Crippen LogP contribution < -0.4 is 10.6 Å². The summed E-state index contributed by atoms with van der Waals surface area (Å²) in [5.41, 5.74) is 0.725. The average Bonchev–Trinajstić information content (AvgIpc) is 2.58. The van der Waals surface area contributed by atoms with Gasteiger partial charge in [0.1, 0.15) is 4.32 Å². The maximum absolute atomic E-state index is 11.7. The summed E-state index contributed by atoms with van der Waals surface area (Å²) in [5, 5.41) is 4.83. The number of hydrogen-bond donors (Lipinski definition) is 2. The van der Waals surface area contributed by atoms with Crippen molar-refractivity contribution in [3.8, 4) is 0 Å². The first kappa shape index (κ1) is 12.1. The second-order valence-electron chi connectivity index (χ2n) is 3.50. The first-order valence-corrected chi connectivity index (χ1v) is 6.30. The molecule has 0 aromatic heterocycles. The Labute approximate surface area is 108 Å². The molecule has 2 rings (SSSR count). The molecule has 0 spiro atoms. The third-order valence-electron chi connectivity index (χ3n) is 2.20. The van der Waals surface area contributed by atoms with Gasteiger partial charge >= 0.3 is 0 Å². The second kappa shape index (κ2) is 5.29. The molecular formula is C11H10N2O2S2. The standard InChI is InChI=1S/C11H10N2O2S2/c14-9(12-7-4-2-1-3-5-7)6-8-10(15)13-11(16)17-8/h1-5,8H,6H2,(H,12,14)(H,13,15,16). The molecule has 88 valence electrons. The summed E-state index contributed by atoms with van der Waals surface area (Å²) in [6.07, 6.45) is 0.130. The van der Waals surface area contributed by atoms with Crippen LogP contribution in [0.5, 0.6) is 0 Å². The Kier molecular flexibility index (Phi) is 3.75. The first-order chi connectivity index (χ1) is 8.15. The zero-order valence-electron chi connectivity index (χ0n) is 8.80. The van der Waals surface area contributed by atoms with Gasteiger partial charge in [0, 0.05) is 12.1 Å². The minimum atomic E-state index is -0.411. The zero-order valence-corrected chi connectivity index (χ0v) is 10.4. The van der Waals surface area contributed by atoms with Gasteiger partial charge in [0.05, 0.1) is 5.25 Å². The highest BCUT2D eigenvalue weighted by Gasteiger charge is 2.30. The lowest BCUT2D eigenvalue weighted by Gasteiger charge is -2.06. The van der Waals surface area contributed by atoms with E-state index in [0.717, 1.165) is 5.69 Å². The summed E-state index contributed by atoms with van der Waals surface area (Å²) in [7, 11) is 0. The van der Waals surface area contributed by atoms with Gasteiger partial charge in [-0.15, -0.1) is 0 Å². The molecule has 1 atom stereocenters. The largest absolute Gasteiger partial charge is 0.326 e. The fraction of sp³-hybridized carbons (Fsp3) is 0.182. The van der Waals surface area contributed by atoms with Crippen LogP contribution in [-0.4, -0.2) is 21.4 Å². The third kappa shape index (κ3) is 3.28.